The summed E-state index contributed by atoms with van der Waals surface area (Å²) in [6, 6.07) is 11.6. The number of carbonyl (C=O) groups excluding carboxylic acids is 1. The topological polar surface area (TPSA) is 94.2 Å². The normalized spacial score (nSPS) is 15.8. The molecule has 3 rings (SSSR count). The van der Waals surface area contributed by atoms with Crippen molar-refractivity contribution in [1.29, 1.82) is 0 Å². The summed E-state index contributed by atoms with van der Waals surface area (Å²) in [5.41, 5.74) is 0. The monoisotopic (exact) mass is 452 g/mol. The van der Waals surface area contributed by atoms with Crippen LogP contribution >= 0.6 is 0 Å². The number of ether oxygens (including phenoxy) is 3. The molecule has 0 aliphatic carbocycles. The molecule has 1 atom stereocenters. The van der Waals surface area contributed by atoms with Gasteiger partial charge >= 0.3 is 0 Å². The van der Waals surface area contributed by atoms with Crippen molar-refractivity contribution >= 4 is 15.9 Å². The molecule has 0 spiro atoms. The summed E-state index contributed by atoms with van der Waals surface area (Å²) in [5, 5.41) is 2.69. The van der Waals surface area contributed by atoms with E-state index in [9.17, 15) is 17.6 Å². The fraction of sp³-hybridized carbons (Fsp3) is 0.381. The number of benzene rings is 2. The number of morpholine rings is 1. The van der Waals surface area contributed by atoms with Crippen molar-refractivity contribution in [3.63, 3.8) is 0 Å². The van der Waals surface area contributed by atoms with E-state index in [1.807, 2.05) is 0 Å². The van der Waals surface area contributed by atoms with Crippen LogP contribution in [0.5, 0.6) is 11.5 Å². The Morgan fingerprint density at radius 2 is 1.71 bits per heavy atom. The fourth-order valence-corrected chi connectivity index (χ4v) is 4.31. The van der Waals surface area contributed by atoms with Crippen LogP contribution in [0.3, 0.4) is 0 Å². The van der Waals surface area contributed by atoms with Gasteiger partial charge in [0.15, 0.2) is 6.10 Å². The summed E-state index contributed by atoms with van der Waals surface area (Å²) in [6.45, 7) is 3.48. The maximum absolute atomic E-state index is 12.9. The molecule has 1 heterocycles. The molecule has 31 heavy (non-hydrogen) atoms. The third-order valence-electron chi connectivity index (χ3n) is 4.60. The van der Waals surface area contributed by atoms with E-state index in [0.29, 0.717) is 37.8 Å². The summed E-state index contributed by atoms with van der Waals surface area (Å²) in [6.07, 6.45) is -0.755. The molecule has 0 bridgehead atoms. The number of carbonyl (C=O) groups is 1. The summed E-state index contributed by atoms with van der Waals surface area (Å²) in [5.74, 6) is 0.173. The van der Waals surface area contributed by atoms with Crippen LogP contribution in [0.1, 0.15) is 6.92 Å². The van der Waals surface area contributed by atoms with E-state index in [1.54, 1.807) is 19.1 Å². The number of sulfonamides is 1. The second-order valence-corrected chi connectivity index (χ2v) is 8.78. The van der Waals surface area contributed by atoms with Gasteiger partial charge in [0, 0.05) is 13.1 Å². The molecule has 1 aliphatic rings. The highest BCUT2D eigenvalue weighted by atomic mass is 32.2. The van der Waals surface area contributed by atoms with Gasteiger partial charge in [0.05, 0.1) is 24.7 Å². The highest BCUT2D eigenvalue weighted by molar-refractivity contribution is 7.89. The number of rotatable bonds is 9. The van der Waals surface area contributed by atoms with E-state index >= 15 is 0 Å². The van der Waals surface area contributed by atoms with E-state index in [0.717, 1.165) is 0 Å². The Bertz CT molecular complexity index is 960. The van der Waals surface area contributed by atoms with Crippen molar-refractivity contribution < 1.29 is 31.8 Å². The van der Waals surface area contributed by atoms with Crippen molar-refractivity contribution in [2.75, 3.05) is 39.5 Å². The Balaban J connectivity index is 1.42. The second-order valence-electron chi connectivity index (χ2n) is 6.84. The SMILES string of the molecule is C[C@@H](Oc1ccc(F)cc1)C(=O)NCCOc1ccc(S(=O)(=O)N2CCOCC2)cc1. The average Bonchev–Trinajstić information content (AvgIpc) is 2.79. The molecule has 1 saturated heterocycles. The van der Waals surface area contributed by atoms with Crippen LogP contribution < -0.4 is 14.8 Å². The molecule has 10 heteroatoms. The molecule has 0 radical (unpaired) electrons. The van der Waals surface area contributed by atoms with E-state index in [4.69, 9.17) is 14.2 Å². The van der Waals surface area contributed by atoms with Crippen LogP contribution in [0.2, 0.25) is 0 Å². The maximum Gasteiger partial charge on any atom is 0.260 e. The van der Waals surface area contributed by atoms with E-state index < -0.39 is 16.1 Å². The lowest BCUT2D eigenvalue weighted by Gasteiger charge is -2.26. The van der Waals surface area contributed by atoms with E-state index in [-0.39, 0.29) is 29.8 Å². The molecular weight excluding hydrogens is 427 g/mol. The Morgan fingerprint density at radius 1 is 1.10 bits per heavy atom. The highest BCUT2D eigenvalue weighted by Crippen LogP contribution is 2.20. The van der Waals surface area contributed by atoms with Crippen LogP contribution in [-0.4, -0.2) is 64.2 Å². The van der Waals surface area contributed by atoms with Crippen molar-refractivity contribution in [1.82, 2.24) is 9.62 Å². The fourth-order valence-electron chi connectivity index (χ4n) is 2.90. The molecule has 8 nitrogen and oxygen atoms in total. The Hall–Kier alpha value is -2.69. The Kier molecular flexibility index (Phi) is 7.83. The standard InChI is InChI=1S/C21H25FN2O6S/c1-16(30-19-4-2-17(22)3-5-19)21(25)23-10-13-29-18-6-8-20(9-7-18)31(26,27)24-11-14-28-15-12-24/h2-9,16H,10-15H2,1H3,(H,23,25)/t16-/m1/s1. The van der Waals surface area contributed by atoms with Crippen molar-refractivity contribution in [3.8, 4) is 11.5 Å². The van der Waals surface area contributed by atoms with Gasteiger partial charge in [-0.2, -0.15) is 4.31 Å². The van der Waals surface area contributed by atoms with Crippen molar-refractivity contribution in [2.45, 2.75) is 17.9 Å². The molecule has 0 unspecified atom stereocenters. The summed E-state index contributed by atoms with van der Waals surface area (Å²) in [7, 11) is -3.55. The molecule has 1 aliphatic heterocycles. The summed E-state index contributed by atoms with van der Waals surface area (Å²) >= 11 is 0. The van der Waals surface area contributed by atoms with Crippen LogP contribution in [0.25, 0.3) is 0 Å². The number of hydrogen-bond donors (Lipinski definition) is 1. The molecular formula is C21H25FN2O6S. The van der Waals surface area contributed by atoms with Gasteiger partial charge in [0.1, 0.15) is 23.9 Å². The van der Waals surface area contributed by atoms with Crippen molar-refractivity contribution in [3.05, 3.63) is 54.3 Å². The third kappa shape index (κ3) is 6.39. The smallest absolute Gasteiger partial charge is 0.260 e. The third-order valence-corrected chi connectivity index (χ3v) is 6.51. The summed E-state index contributed by atoms with van der Waals surface area (Å²) < 4.78 is 55.7. The first-order valence-corrected chi connectivity index (χ1v) is 11.3. The van der Waals surface area contributed by atoms with E-state index in [1.165, 1.54) is 40.7 Å². The number of amides is 1. The molecule has 2 aromatic rings. The van der Waals surface area contributed by atoms with Crippen LogP contribution in [0.15, 0.2) is 53.4 Å². The average molecular weight is 453 g/mol. The first-order chi connectivity index (χ1) is 14.9. The quantitative estimate of drug-likeness (QED) is 0.584. The number of hydrogen-bond acceptors (Lipinski definition) is 6. The van der Waals surface area contributed by atoms with Gasteiger partial charge in [-0.05, 0) is 55.5 Å². The molecule has 1 N–H and O–H groups in total. The van der Waals surface area contributed by atoms with Gasteiger partial charge in [0.25, 0.3) is 5.91 Å². The minimum absolute atomic E-state index is 0.196. The van der Waals surface area contributed by atoms with Crippen LogP contribution in [0.4, 0.5) is 4.39 Å². The number of halogens is 1. The van der Waals surface area contributed by atoms with Gasteiger partial charge in [-0.25, -0.2) is 12.8 Å². The van der Waals surface area contributed by atoms with Crippen LogP contribution in [0, 0.1) is 5.82 Å². The van der Waals surface area contributed by atoms with Crippen molar-refractivity contribution in [2.24, 2.45) is 0 Å². The second kappa shape index (κ2) is 10.6. The molecule has 0 aromatic heterocycles. The van der Waals surface area contributed by atoms with Gasteiger partial charge in [-0.3, -0.25) is 4.79 Å². The minimum atomic E-state index is -3.55. The van der Waals surface area contributed by atoms with Gasteiger partial charge in [-0.1, -0.05) is 0 Å². The predicted molar refractivity (Wildman–Crippen MR) is 111 cm³/mol. The number of nitrogens with one attached hydrogen (secondary N) is 1. The molecule has 2 aromatic carbocycles. The Morgan fingerprint density at radius 3 is 2.35 bits per heavy atom. The summed E-state index contributed by atoms with van der Waals surface area (Å²) in [4.78, 5) is 12.3. The largest absolute Gasteiger partial charge is 0.492 e. The molecule has 168 valence electrons. The maximum atomic E-state index is 12.9. The zero-order valence-electron chi connectivity index (χ0n) is 17.1. The lowest BCUT2D eigenvalue weighted by Crippen LogP contribution is -2.40. The van der Waals surface area contributed by atoms with Gasteiger partial charge < -0.3 is 19.5 Å². The van der Waals surface area contributed by atoms with Gasteiger partial charge in [-0.15, -0.1) is 0 Å². The lowest BCUT2D eigenvalue weighted by atomic mass is 10.3. The first kappa shape index (κ1) is 23.0. The first-order valence-electron chi connectivity index (χ1n) is 9.87. The highest BCUT2D eigenvalue weighted by Gasteiger charge is 2.26. The minimum Gasteiger partial charge on any atom is -0.492 e. The number of nitrogens with zero attached hydrogens (tertiary/aromatic N) is 1. The molecule has 0 saturated carbocycles. The zero-order valence-corrected chi connectivity index (χ0v) is 17.9. The van der Waals surface area contributed by atoms with Gasteiger partial charge in [0.2, 0.25) is 10.0 Å². The Labute approximate surface area is 181 Å². The molecule has 1 amide bonds. The zero-order chi connectivity index (χ0) is 22.3. The van der Waals surface area contributed by atoms with E-state index in [2.05, 4.69) is 5.32 Å². The van der Waals surface area contributed by atoms with Crippen LogP contribution in [-0.2, 0) is 19.6 Å². The lowest BCUT2D eigenvalue weighted by molar-refractivity contribution is -0.127. The molecule has 1 fully saturated rings. The predicted octanol–water partition coefficient (Wildman–Crippen LogP) is 1.81.